The molecule has 3 nitrogen and oxygen atoms in total. The molecule has 0 aliphatic carbocycles. The van der Waals surface area contributed by atoms with E-state index in [1.807, 2.05) is 6.07 Å². The van der Waals surface area contributed by atoms with E-state index in [0.717, 1.165) is 12.1 Å². The molecule has 0 saturated carbocycles. The number of hydrogen-bond acceptors (Lipinski definition) is 2. The molecule has 6 heteroatoms. The van der Waals surface area contributed by atoms with Crippen LogP contribution in [-0.4, -0.2) is 19.1 Å². The smallest absolute Gasteiger partial charge is 0.253 e. The van der Waals surface area contributed by atoms with Crippen LogP contribution < -0.4 is 10.1 Å². The Morgan fingerprint density at radius 3 is 2.70 bits per heavy atom. The van der Waals surface area contributed by atoms with E-state index < -0.39 is 11.6 Å². The number of ether oxygens (including phenoxy) is 1. The zero-order valence-corrected chi connectivity index (χ0v) is 13.5. The molecule has 1 amide bonds. The van der Waals surface area contributed by atoms with Gasteiger partial charge in [-0.3, -0.25) is 4.79 Å². The van der Waals surface area contributed by atoms with E-state index in [0.29, 0.717) is 10.0 Å². The molecule has 2 rings (SSSR count). The van der Waals surface area contributed by atoms with Gasteiger partial charge in [0.15, 0.2) is 11.6 Å². The van der Waals surface area contributed by atoms with Crippen LogP contribution in [0, 0.1) is 23.5 Å². The quantitative estimate of drug-likeness (QED) is 0.825. The SMILES string of the molecule is O=C(NCC#CCOc1ccc(F)cc1F)c1ccccc1Br. The van der Waals surface area contributed by atoms with Gasteiger partial charge in [0.2, 0.25) is 0 Å². The van der Waals surface area contributed by atoms with E-state index in [4.69, 9.17) is 4.74 Å². The van der Waals surface area contributed by atoms with Crippen molar-refractivity contribution >= 4 is 21.8 Å². The lowest BCUT2D eigenvalue weighted by atomic mass is 10.2. The fourth-order valence-corrected chi connectivity index (χ4v) is 2.15. The lowest BCUT2D eigenvalue weighted by molar-refractivity contribution is 0.0958. The van der Waals surface area contributed by atoms with Gasteiger partial charge in [-0.1, -0.05) is 24.0 Å². The second-order valence-electron chi connectivity index (χ2n) is 4.38. The highest BCUT2D eigenvalue weighted by molar-refractivity contribution is 9.10. The molecule has 0 heterocycles. The van der Waals surface area contributed by atoms with E-state index in [-0.39, 0.29) is 24.8 Å². The number of benzene rings is 2. The number of carbonyl (C=O) groups is 1. The summed E-state index contributed by atoms with van der Waals surface area (Å²) in [7, 11) is 0. The lowest BCUT2D eigenvalue weighted by Gasteiger charge is -2.04. The number of carbonyl (C=O) groups excluding carboxylic acids is 1. The molecule has 1 N–H and O–H groups in total. The number of hydrogen-bond donors (Lipinski definition) is 1. The Balaban J connectivity index is 1.78. The molecule has 23 heavy (non-hydrogen) atoms. The van der Waals surface area contributed by atoms with Crippen molar-refractivity contribution in [3.63, 3.8) is 0 Å². The van der Waals surface area contributed by atoms with Gasteiger partial charge >= 0.3 is 0 Å². The highest BCUT2D eigenvalue weighted by atomic mass is 79.9. The molecular formula is C17H12BrF2NO2. The summed E-state index contributed by atoms with van der Waals surface area (Å²) in [6.07, 6.45) is 0. The second kappa shape index (κ2) is 8.30. The van der Waals surface area contributed by atoms with Crippen LogP contribution in [0.1, 0.15) is 10.4 Å². The molecule has 0 bridgehead atoms. The van der Waals surface area contributed by atoms with Crippen molar-refractivity contribution in [1.82, 2.24) is 5.32 Å². The minimum absolute atomic E-state index is 0.0620. The molecule has 0 aromatic heterocycles. The van der Waals surface area contributed by atoms with Gasteiger partial charge in [-0.15, -0.1) is 0 Å². The van der Waals surface area contributed by atoms with Crippen molar-refractivity contribution in [3.05, 3.63) is 64.1 Å². The van der Waals surface area contributed by atoms with E-state index in [2.05, 4.69) is 33.1 Å². The van der Waals surface area contributed by atoms with Crippen LogP contribution in [-0.2, 0) is 0 Å². The first-order valence-electron chi connectivity index (χ1n) is 6.64. The molecule has 0 aliphatic heterocycles. The molecule has 2 aromatic rings. The zero-order valence-electron chi connectivity index (χ0n) is 11.9. The maximum absolute atomic E-state index is 13.3. The van der Waals surface area contributed by atoms with E-state index in [9.17, 15) is 13.6 Å². The molecule has 0 spiro atoms. The van der Waals surface area contributed by atoms with Crippen molar-refractivity contribution in [1.29, 1.82) is 0 Å². The molecule has 0 aliphatic rings. The first-order valence-corrected chi connectivity index (χ1v) is 7.43. The molecular weight excluding hydrogens is 368 g/mol. The van der Waals surface area contributed by atoms with Crippen LogP contribution in [0.4, 0.5) is 8.78 Å². The Bertz CT molecular complexity index is 769. The fraction of sp³-hybridized carbons (Fsp3) is 0.118. The maximum atomic E-state index is 13.3. The molecule has 0 unspecified atom stereocenters. The highest BCUT2D eigenvalue weighted by Crippen LogP contribution is 2.17. The highest BCUT2D eigenvalue weighted by Gasteiger charge is 2.07. The predicted octanol–water partition coefficient (Wildman–Crippen LogP) is 3.54. The van der Waals surface area contributed by atoms with Crippen molar-refractivity contribution in [3.8, 4) is 17.6 Å². The Kier molecular flexibility index (Phi) is 6.12. The standard InChI is InChI=1S/C17H12BrF2NO2/c18-14-6-2-1-5-13(14)17(22)21-9-3-4-10-23-16-8-7-12(19)11-15(16)20/h1-2,5-8,11H,9-10H2,(H,21,22). The van der Waals surface area contributed by atoms with Crippen LogP contribution in [0.2, 0.25) is 0 Å². The largest absolute Gasteiger partial charge is 0.478 e. The monoisotopic (exact) mass is 379 g/mol. The Morgan fingerprint density at radius 2 is 1.96 bits per heavy atom. The summed E-state index contributed by atoms with van der Waals surface area (Å²) in [6.45, 7) is 0.0723. The maximum Gasteiger partial charge on any atom is 0.253 e. The molecule has 2 aromatic carbocycles. The summed E-state index contributed by atoms with van der Waals surface area (Å²) in [5.74, 6) is 3.55. The van der Waals surface area contributed by atoms with Gasteiger partial charge in [-0.05, 0) is 40.2 Å². The van der Waals surface area contributed by atoms with Gasteiger partial charge in [0.05, 0.1) is 12.1 Å². The van der Waals surface area contributed by atoms with Gasteiger partial charge in [0.25, 0.3) is 5.91 Å². The fourth-order valence-electron chi connectivity index (χ4n) is 1.68. The average Bonchev–Trinajstić information content (AvgIpc) is 2.52. The summed E-state index contributed by atoms with van der Waals surface area (Å²) in [5, 5.41) is 2.64. The first kappa shape index (κ1) is 17.0. The van der Waals surface area contributed by atoms with Gasteiger partial charge in [-0.2, -0.15) is 0 Å². The van der Waals surface area contributed by atoms with Crippen molar-refractivity contribution in [2.45, 2.75) is 0 Å². The summed E-state index contributed by atoms with van der Waals surface area (Å²) < 4.78 is 31.8. The second-order valence-corrected chi connectivity index (χ2v) is 5.23. The normalized spacial score (nSPS) is 9.70. The van der Waals surface area contributed by atoms with Crippen LogP contribution >= 0.6 is 15.9 Å². The molecule has 0 fully saturated rings. The summed E-state index contributed by atoms with van der Waals surface area (Å²) in [4.78, 5) is 11.9. The summed E-state index contributed by atoms with van der Waals surface area (Å²) >= 11 is 3.29. The summed E-state index contributed by atoms with van der Waals surface area (Å²) in [5.41, 5.74) is 0.513. The molecule has 118 valence electrons. The Hall–Kier alpha value is -2.39. The molecule has 0 saturated heterocycles. The van der Waals surface area contributed by atoms with E-state index in [1.54, 1.807) is 18.2 Å². The van der Waals surface area contributed by atoms with Gasteiger partial charge in [0, 0.05) is 10.5 Å². The van der Waals surface area contributed by atoms with Gasteiger partial charge in [0.1, 0.15) is 12.4 Å². The van der Waals surface area contributed by atoms with E-state index >= 15 is 0 Å². The minimum atomic E-state index is -0.783. The number of rotatable bonds is 4. The van der Waals surface area contributed by atoms with Crippen LogP contribution in [0.3, 0.4) is 0 Å². The number of amides is 1. The topological polar surface area (TPSA) is 38.3 Å². The van der Waals surface area contributed by atoms with Gasteiger partial charge < -0.3 is 10.1 Å². The molecule has 0 radical (unpaired) electrons. The van der Waals surface area contributed by atoms with Crippen LogP contribution in [0.25, 0.3) is 0 Å². The Labute approximate surface area is 140 Å². The van der Waals surface area contributed by atoms with Gasteiger partial charge in [-0.25, -0.2) is 8.78 Å². The zero-order chi connectivity index (χ0) is 16.7. The average molecular weight is 380 g/mol. The third-order valence-corrected chi connectivity index (χ3v) is 3.47. The molecule has 0 atom stereocenters. The Morgan fingerprint density at radius 1 is 1.17 bits per heavy atom. The third kappa shape index (κ3) is 5.08. The van der Waals surface area contributed by atoms with Crippen molar-refractivity contribution in [2.75, 3.05) is 13.2 Å². The van der Waals surface area contributed by atoms with Crippen molar-refractivity contribution < 1.29 is 18.3 Å². The number of nitrogens with one attached hydrogen (secondary N) is 1. The van der Waals surface area contributed by atoms with Crippen LogP contribution in [0.15, 0.2) is 46.9 Å². The van der Waals surface area contributed by atoms with Crippen LogP contribution in [0.5, 0.6) is 5.75 Å². The first-order chi connectivity index (χ1) is 11.1. The minimum Gasteiger partial charge on any atom is -0.478 e. The number of halogens is 3. The predicted molar refractivity (Wildman–Crippen MR) is 86.1 cm³/mol. The third-order valence-electron chi connectivity index (χ3n) is 2.77. The van der Waals surface area contributed by atoms with Crippen molar-refractivity contribution in [2.24, 2.45) is 0 Å². The van der Waals surface area contributed by atoms with E-state index in [1.165, 1.54) is 6.07 Å². The lowest BCUT2D eigenvalue weighted by Crippen LogP contribution is -2.23. The summed E-state index contributed by atoms with van der Waals surface area (Å²) in [6, 6.07) is 10.1.